The maximum absolute atomic E-state index is 14.5. The van der Waals surface area contributed by atoms with Crippen molar-refractivity contribution in [2.45, 2.75) is 6.42 Å². The van der Waals surface area contributed by atoms with Crippen LogP contribution < -0.4 is 0 Å². The molecule has 0 bridgehead atoms. The molecule has 0 amide bonds. The summed E-state index contributed by atoms with van der Waals surface area (Å²) in [5.41, 5.74) is 3.33. The van der Waals surface area contributed by atoms with E-state index in [2.05, 4.69) is 0 Å². The first-order valence-corrected chi connectivity index (χ1v) is 9.08. The molecule has 144 valence electrons. The molecule has 0 unspecified atom stereocenters. The van der Waals surface area contributed by atoms with Crippen LogP contribution in [0.1, 0.15) is 11.1 Å². The molecular weight excluding hydrogens is 376 g/mol. The number of halogens is 4. The predicted octanol–water partition coefficient (Wildman–Crippen LogP) is 7.17. The zero-order valence-corrected chi connectivity index (χ0v) is 15.3. The van der Waals surface area contributed by atoms with Gasteiger partial charge in [0, 0.05) is 11.1 Å². The van der Waals surface area contributed by atoms with E-state index in [4.69, 9.17) is 0 Å². The van der Waals surface area contributed by atoms with E-state index in [1.807, 2.05) is 0 Å². The lowest BCUT2D eigenvalue weighted by Gasteiger charge is -2.09. The van der Waals surface area contributed by atoms with Crippen LogP contribution in [0.2, 0.25) is 0 Å². The van der Waals surface area contributed by atoms with Gasteiger partial charge in [0.1, 0.15) is 23.3 Å². The Bertz CT molecular complexity index is 1050. The van der Waals surface area contributed by atoms with Gasteiger partial charge in [-0.3, -0.25) is 0 Å². The lowest BCUT2D eigenvalue weighted by Crippen LogP contribution is -1.94. The molecule has 4 rings (SSSR count). The van der Waals surface area contributed by atoms with E-state index in [-0.39, 0.29) is 11.6 Å². The van der Waals surface area contributed by atoms with Crippen LogP contribution >= 0.6 is 0 Å². The molecule has 0 fully saturated rings. The van der Waals surface area contributed by atoms with Gasteiger partial charge in [-0.15, -0.1) is 0 Å². The van der Waals surface area contributed by atoms with Crippen molar-refractivity contribution in [2.24, 2.45) is 0 Å². The first-order chi connectivity index (χ1) is 14.0. The van der Waals surface area contributed by atoms with E-state index < -0.39 is 11.6 Å². The molecule has 4 aromatic carbocycles. The van der Waals surface area contributed by atoms with E-state index in [1.54, 1.807) is 24.3 Å². The Morgan fingerprint density at radius 3 is 1.17 bits per heavy atom. The summed E-state index contributed by atoms with van der Waals surface area (Å²) >= 11 is 0. The summed E-state index contributed by atoms with van der Waals surface area (Å²) in [6.45, 7) is 0. The molecule has 0 aromatic heterocycles. The van der Waals surface area contributed by atoms with Crippen molar-refractivity contribution >= 4 is 0 Å². The maximum Gasteiger partial charge on any atom is 0.131 e. The van der Waals surface area contributed by atoms with Gasteiger partial charge in [0.05, 0.1) is 0 Å². The topological polar surface area (TPSA) is 0 Å². The summed E-state index contributed by atoms with van der Waals surface area (Å²) in [6, 6.07) is 20.9. The number of hydrogen-bond donors (Lipinski definition) is 0. The van der Waals surface area contributed by atoms with Crippen LogP contribution in [0.25, 0.3) is 22.3 Å². The second kappa shape index (κ2) is 7.92. The second-order valence-electron chi connectivity index (χ2n) is 6.82. The van der Waals surface area contributed by atoms with Gasteiger partial charge in [0.15, 0.2) is 0 Å². The molecule has 0 N–H and O–H groups in total. The summed E-state index contributed by atoms with van der Waals surface area (Å²) in [6.07, 6.45) is 0.362. The van der Waals surface area contributed by atoms with Crippen LogP contribution in [0.3, 0.4) is 0 Å². The van der Waals surface area contributed by atoms with Gasteiger partial charge in [-0.2, -0.15) is 0 Å². The molecule has 0 radical (unpaired) electrons. The van der Waals surface area contributed by atoms with E-state index in [9.17, 15) is 17.6 Å². The second-order valence-corrected chi connectivity index (χ2v) is 6.82. The molecule has 0 aliphatic carbocycles. The monoisotopic (exact) mass is 392 g/mol. The molecule has 0 heterocycles. The molecule has 4 aromatic rings. The Balaban J connectivity index is 1.56. The zero-order valence-electron chi connectivity index (χ0n) is 15.3. The Morgan fingerprint density at radius 2 is 0.828 bits per heavy atom. The largest absolute Gasteiger partial charge is 0.207 e. The minimum atomic E-state index is -0.419. The van der Waals surface area contributed by atoms with Crippen molar-refractivity contribution in [1.29, 1.82) is 0 Å². The van der Waals surface area contributed by atoms with Gasteiger partial charge in [0.25, 0.3) is 0 Å². The third-order valence-electron chi connectivity index (χ3n) is 4.79. The highest BCUT2D eigenvalue weighted by atomic mass is 19.1. The summed E-state index contributed by atoms with van der Waals surface area (Å²) in [5.74, 6) is -1.59. The number of rotatable bonds is 4. The van der Waals surface area contributed by atoms with Crippen LogP contribution in [-0.4, -0.2) is 0 Å². The lowest BCUT2D eigenvalue weighted by molar-refractivity contribution is 0.624. The summed E-state index contributed by atoms with van der Waals surface area (Å²) in [5, 5.41) is 0. The normalized spacial score (nSPS) is 10.9. The average molecular weight is 392 g/mol. The molecule has 0 aliphatic heterocycles. The van der Waals surface area contributed by atoms with E-state index in [0.717, 1.165) is 0 Å². The van der Waals surface area contributed by atoms with Gasteiger partial charge >= 0.3 is 0 Å². The zero-order chi connectivity index (χ0) is 20.4. The Kier molecular flexibility index (Phi) is 5.17. The first-order valence-electron chi connectivity index (χ1n) is 9.08. The van der Waals surface area contributed by atoms with Crippen LogP contribution in [0.5, 0.6) is 0 Å². The fourth-order valence-corrected chi connectivity index (χ4v) is 3.30. The van der Waals surface area contributed by atoms with Crippen molar-refractivity contribution in [3.05, 3.63) is 119 Å². The van der Waals surface area contributed by atoms with Crippen molar-refractivity contribution < 1.29 is 17.6 Å². The number of hydrogen-bond acceptors (Lipinski definition) is 0. The van der Waals surface area contributed by atoms with Gasteiger partial charge in [-0.05, 0) is 65.1 Å². The molecule has 0 nitrogen and oxygen atoms in total. The first kappa shape index (κ1) is 18.9. The van der Waals surface area contributed by atoms with E-state index in [1.165, 1.54) is 60.7 Å². The van der Waals surface area contributed by atoms with Gasteiger partial charge in [0.2, 0.25) is 0 Å². The van der Waals surface area contributed by atoms with Crippen molar-refractivity contribution in [1.82, 2.24) is 0 Å². The Labute approximate surface area is 166 Å². The van der Waals surface area contributed by atoms with Gasteiger partial charge in [-0.25, -0.2) is 17.6 Å². The minimum absolute atomic E-state index is 0.362. The summed E-state index contributed by atoms with van der Waals surface area (Å²) in [4.78, 5) is 0. The SMILES string of the molecule is Fc1ccc(-c2ccc(Cc3ccc(-c4ccc(F)cc4)c(F)c3)cc2F)cc1. The molecule has 0 spiro atoms. The third kappa shape index (κ3) is 4.21. The van der Waals surface area contributed by atoms with Gasteiger partial charge < -0.3 is 0 Å². The highest BCUT2D eigenvalue weighted by Gasteiger charge is 2.10. The maximum atomic E-state index is 14.5. The fraction of sp³-hybridized carbons (Fsp3) is 0.0400. The minimum Gasteiger partial charge on any atom is -0.207 e. The average Bonchev–Trinajstić information content (AvgIpc) is 2.70. The van der Waals surface area contributed by atoms with E-state index >= 15 is 0 Å². The van der Waals surface area contributed by atoms with Crippen LogP contribution in [0, 0.1) is 23.3 Å². The summed E-state index contributed by atoms with van der Waals surface area (Å²) in [7, 11) is 0. The molecular formula is C25H16F4. The standard InChI is InChI=1S/C25H16F4/c26-20-7-3-18(4-8-20)22-11-1-16(14-24(22)28)13-17-2-12-23(25(29)15-17)19-5-9-21(27)10-6-19/h1-12,14-15H,13H2. The van der Waals surface area contributed by atoms with Crippen molar-refractivity contribution in [3.63, 3.8) is 0 Å². The highest BCUT2D eigenvalue weighted by Crippen LogP contribution is 2.27. The summed E-state index contributed by atoms with van der Waals surface area (Å²) < 4.78 is 55.2. The lowest BCUT2D eigenvalue weighted by atomic mass is 9.97. The van der Waals surface area contributed by atoms with Crippen LogP contribution in [0.4, 0.5) is 17.6 Å². The number of benzene rings is 4. The van der Waals surface area contributed by atoms with E-state index in [0.29, 0.717) is 39.8 Å². The smallest absolute Gasteiger partial charge is 0.131 e. The molecule has 4 heteroatoms. The van der Waals surface area contributed by atoms with Crippen molar-refractivity contribution in [3.8, 4) is 22.3 Å². The molecule has 0 saturated heterocycles. The Morgan fingerprint density at radius 1 is 0.448 bits per heavy atom. The Hall–Kier alpha value is -3.40. The third-order valence-corrected chi connectivity index (χ3v) is 4.79. The van der Waals surface area contributed by atoms with Crippen LogP contribution in [0.15, 0.2) is 84.9 Å². The fourth-order valence-electron chi connectivity index (χ4n) is 3.30. The molecule has 0 atom stereocenters. The molecule has 0 saturated carbocycles. The predicted molar refractivity (Wildman–Crippen MR) is 106 cm³/mol. The highest BCUT2D eigenvalue weighted by molar-refractivity contribution is 5.65. The molecule has 0 aliphatic rings. The quantitative estimate of drug-likeness (QED) is 0.323. The van der Waals surface area contributed by atoms with Crippen molar-refractivity contribution in [2.75, 3.05) is 0 Å². The molecule has 29 heavy (non-hydrogen) atoms. The van der Waals surface area contributed by atoms with Crippen LogP contribution in [-0.2, 0) is 6.42 Å². The van der Waals surface area contributed by atoms with Gasteiger partial charge in [-0.1, -0.05) is 48.5 Å².